The molecule has 1 aliphatic rings. The van der Waals surface area contributed by atoms with Gasteiger partial charge in [0.05, 0.1) is 6.61 Å². The standard InChI is InChI=1S/C15H33N3O/c1-5-16-15(2,13-19)9-7-11-18(4)14-8-6-10-17(3)12-14/h14,16,19H,5-13H2,1-4H3. The van der Waals surface area contributed by atoms with E-state index < -0.39 is 0 Å². The lowest BCUT2D eigenvalue weighted by Crippen LogP contribution is -2.47. The number of aliphatic hydroxyl groups is 1. The maximum Gasteiger partial charge on any atom is 0.0610 e. The summed E-state index contributed by atoms with van der Waals surface area (Å²) in [6.45, 7) is 8.91. The van der Waals surface area contributed by atoms with Gasteiger partial charge < -0.3 is 20.2 Å². The molecule has 1 fully saturated rings. The molecule has 4 heteroatoms. The summed E-state index contributed by atoms with van der Waals surface area (Å²) in [5.41, 5.74) is -0.112. The van der Waals surface area contributed by atoms with Crippen LogP contribution in [0.2, 0.25) is 0 Å². The van der Waals surface area contributed by atoms with Gasteiger partial charge in [-0.3, -0.25) is 0 Å². The Hall–Kier alpha value is -0.160. The lowest BCUT2D eigenvalue weighted by atomic mass is 9.96. The van der Waals surface area contributed by atoms with Crippen molar-refractivity contribution in [3.8, 4) is 0 Å². The number of nitrogens with one attached hydrogen (secondary N) is 1. The van der Waals surface area contributed by atoms with Crippen LogP contribution < -0.4 is 5.32 Å². The van der Waals surface area contributed by atoms with E-state index in [0.717, 1.165) is 25.9 Å². The Kier molecular flexibility index (Phi) is 7.29. The number of likely N-dealkylation sites (N-methyl/N-ethyl adjacent to an activating group) is 3. The van der Waals surface area contributed by atoms with Crippen molar-refractivity contribution in [2.24, 2.45) is 0 Å². The van der Waals surface area contributed by atoms with E-state index in [0.29, 0.717) is 6.04 Å². The third-order valence-corrected chi connectivity index (χ3v) is 4.41. The van der Waals surface area contributed by atoms with Gasteiger partial charge in [-0.25, -0.2) is 0 Å². The molecule has 19 heavy (non-hydrogen) atoms. The van der Waals surface area contributed by atoms with Gasteiger partial charge >= 0.3 is 0 Å². The number of aliphatic hydroxyl groups excluding tert-OH is 1. The van der Waals surface area contributed by atoms with Gasteiger partial charge in [0.1, 0.15) is 0 Å². The van der Waals surface area contributed by atoms with E-state index >= 15 is 0 Å². The SMILES string of the molecule is CCNC(C)(CO)CCCN(C)C1CCCN(C)C1. The largest absolute Gasteiger partial charge is 0.394 e. The first-order valence-electron chi connectivity index (χ1n) is 7.75. The highest BCUT2D eigenvalue weighted by Gasteiger charge is 2.23. The normalized spacial score (nSPS) is 24.6. The molecule has 2 unspecified atom stereocenters. The minimum absolute atomic E-state index is 0.112. The first-order valence-corrected chi connectivity index (χ1v) is 7.75. The molecule has 0 radical (unpaired) electrons. The second kappa shape index (κ2) is 8.20. The highest BCUT2D eigenvalue weighted by atomic mass is 16.3. The van der Waals surface area contributed by atoms with Crippen molar-refractivity contribution in [1.82, 2.24) is 15.1 Å². The predicted molar refractivity (Wildman–Crippen MR) is 81.6 cm³/mol. The highest BCUT2D eigenvalue weighted by Crippen LogP contribution is 2.16. The van der Waals surface area contributed by atoms with Gasteiger partial charge in [0.2, 0.25) is 0 Å². The van der Waals surface area contributed by atoms with Crippen LogP contribution >= 0.6 is 0 Å². The fraction of sp³-hybridized carbons (Fsp3) is 1.00. The number of likely N-dealkylation sites (tertiary alicyclic amines) is 1. The van der Waals surface area contributed by atoms with Crippen LogP contribution in [0.15, 0.2) is 0 Å². The molecular formula is C15H33N3O. The number of hydrogen-bond donors (Lipinski definition) is 2. The average Bonchev–Trinajstić information content (AvgIpc) is 2.39. The van der Waals surface area contributed by atoms with Gasteiger partial charge in [-0.1, -0.05) is 6.92 Å². The van der Waals surface area contributed by atoms with Crippen LogP contribution in [0.25, 0.3) is 0 Å². The van der Waals surface area contributed by atoms with Crippen LogP contribution in [-0.4, -0.2) is 73.4 Å². The molecule has 4 nitrogen and oxygen atoms in total. The third kappa shape index (κ3) is 5.78. The van der Waals surface area contributed by atoms with Crippen LogP contribution in [0.5, 0.6) is 0 Å². The summed E-state index contributed by atoms with van der Waals surface area (Å²) in [5, 5.41) is 12.9. The van der Waals surface area contributed by atoms with Gasteiger partial charge in [0.25, 0.3) is 0 Å². The monoisotopic (exact) mass is 271 g/mol. The minimum Gasteiger partial charge on any atom is -0.394 e. The fourth-order valence-electron chi connectivity index (χ4n) is 3.05. The smallest absolute Gasteiger partial charge is 0.0610 e. The molecule has 0 spiro atoms. The molecule has 0 amide bonds. The first-order chi connectivity index (χ1) is 9.00. The predicted octanol–water partition coefficient (Wildman–Crippen LogP) is 1.15. The zero-order valence-electron chi connectivity index (χ0n) is 13.3. The Morgan fingerprint density at radius 3 is 2.79 bits per heavy atom. The molecule has 1 aliphatic heterocycles. The first kappa shape index (κ1) is 16.9. The summed E-state index contributed by atoms with van der Waals surface area (Å²) in [6, 6.07) is 0.707. The average molecular weight is 271 g/mol. The number of nitrogens with zero attached hydrogens (tertiary/aromatic N) is 2. The second-order valence-electron chi connectivity index (χ2n) is 6.39. The maximum atomic E-state index is 9.48. The zero-order valence-corrected chi connectivity index (χ0v) is 13.3. The molecule has 0 aliphatic carbocycles. The molecule has 1 heterocycles. The summed E-state index contributed by atoms with van der Waals surface area (Å²) in [4.78, 5) is 4.93. The molecule has 1 rings (SSSR count). The van der Waals surface area contributed by atoms with Gasteiger partial charge in [0, 0.05) is 18.1 Å². The quantitative estimate of drug-likeness (QED) is 0.695. The molecule has 114 valence electrons. The van der Waals surface area contributed by atoms with E-state index in [4.69, 9.17) is 0 Å². The molecule has 0 aromatic rings. The highest BCUT2D eigenvalue weighted by molar-refractivity contribution is 4.83. The molecule has 0 bridgehead atoms. The number of piperidine rings is 1. The topological polar surface area (TPSA) is 38.7 Å². The third-order valence-electron chi connectivity index (χ3n) is 4.41. The van der Waals surface area contributed by atoms with Crippen molar-refractivity contribution >= 4 is 0 Å². The molecular weight excluding hydrogens is 238 g/mol. The molecule has 0 aromatic heterocycles. The van der Waals surface area contributed by atoms with Crippen LogP contribution in [0.3, 0.4) is 0 Å². The van der Waals surface area contributed by atoms with Crippen molar-refractivity contribution in [2.75, 3.05) is 46.9 Å². The van der Waals surface area contributed by atoms with E-state index in [9.17, 15) is 5.11 Å². The van der Waals surface area contributed by atoms with Crippen LogP contribution in [0, 0.1) is 0 Å². The summed E-state index contributed by atoms with van der Waals surface area (Å²) in [6.07, 6.45) is 4.81. The fourth-order valence-corrected chi connectivity index (χ4v) is 3.05. The van der Waals surface area contributed by atoms with E-state index in [1.807, 2.05) is 0 Å². The summed E-state index contributed by atoms with van der Waals surface area (Å²) < 4.78 is 0. The summed E-state index contributed by atoms with van der Waals surface area (Å²) in [7, 11) is 4.46. The van der Waals surface area contributed by atoms with E-state index in [-0.39, 0.29) is 12.1 Å². The van der Waals surface area contributed by atoms with Gasteiger partial charge in [-0.05, 0) is 66.3 Å². The van der Waals surface area contributed by atoms with Crippen molar-refractivity contribution in [1.29, 1.82) is 0 Å². The Morgan fingerprint density at radius 2 is 2.21 bits per heavy atom. The maximum absolute atomic E-state index is 9.48. The summed E-state index contributed by atoms with van der Waals surface area (Å²) >= 11 is 0. The second-order valence-corrected chi connectivity index (χ2v) is 6.39. The van der Waals surface area contributed by atoms with Crippen molar-refractivity contribution in [3.63, 3.8) is 0 Å². The molecule has 0 saturated carbocycles. The zero-order chi connectivity index (χ0) is 14.3. The molecule has 1 saturated heterocycles. The van der Waals surface area contributed by atoms with Crippen molar-refractivity contribution < 1.29 is 5.11 Å². The Labute approximate surface area is 119 Å². The Balaban J connectivity index is 2.27. The number of rotatable bonds is 8. The van der Waals surface area contributed by atoms with Crippen LogP contribution in [0.1, 0.15) is 39.5 Å². The molecule has 2 atom stereocenters. The molecule has 0 aromatic carbocycles. The van der Waals surface area contributed by atoms with E-state index in [1.165, 1.54) is 25.9 Å². The van der Waals surface area contributed by atoms with E-state index in [1.54, 1.807) is 0 Å². The van der Waals surface area contributed by atoms with Gasteiger partial charge in [-0.15, -0.1) is 0 Å². The van der Waals surface area contributed by atoms with Crippen LogP contribution in [-0.2, 0) is 0 Å². The lowest BCUT2D eigenvalue weighted by molar-refractivity contribution is 0.122. The van der Waals surface area contributed by atoms with Gasteiger partial charge in [-0.2, -0.15) is 0 Å². The van der Waals surface area contributed by atoms with Crippen molar-refractivity contribution in [2.45, 2.75) is 51.1 Å². The lowest BCUT2D eigenvalue weighted by Gasteiger charge is -2.36. The van der Waals surface area contributed by atoms with E-state index in [2.05, 4.69) is 43.1 Å². The number of hydrogen-bond acceptors (Lipinski definition) is 4. The van der Waals surface area contributed by atoms with Crippen molar-refractivity contribution in [3.05, 3.63) is 0 Å². The summed E-state index contributed by atoms with van der Waals surface area (Å²) in [5.74, 6) is 0. The van der Waals surface area contributed by atoms with Crippen LogP contribution in [0.4, 0.5) is 0 Å². The Morgan fingerprint density at radius 1 is 1.47 bits per heavy atom. The minimum atomic E-state index is -0.112. The Bertz CT molecular complexity index is 250. The molecule has 2 N–H and O–H groups in total. The van der Waals surface area contributed by atoms with Gasteiger partial charge in [0.15, 0.2) is 0 Å².